The number of ether oxygens (including phenoxy) is 1. The van der Waals surface area contributed by atoms with Crippen LogP contribution in [-0.4, -0.2) is 25.8 Å². The summed E-state index contributed by atoms with van der Waals surface area (Å²) in [4.78, 5) is 12.2. The van der Waals surface area contributed by atoms with E-state index >= 15 is 8.78 Å². The summed E-state index contributed by atoms with van der Waals surface area (Å²) in [5.41, 5.74) is 3.89. The van der Waals surface area contributed by atoms with Crippen molar-refractivity contribution in [3.63, 3.8) is 0 Å². The lowest BCUT2D eigenvalue weighted by atomic mass is 9.96. The average Bonchev–Trinajstić information content (AvgIpc) is 2.96. The number of benzene rings is 3. The van der Waals surface area contributed by atoms with Gasteiger partial charge in [-0.25, -0.2) is 13.6 Å². The van der Waals surface area contributed by atoms with E-state index in [2.05, 4.69) is 26.6 Å². The standard InChI is InChI=1S/C35H44F2O3Si/c1-6-7-9-12-26-13-15-27(16-14-26)30-18-19-31(34(37)33(30)36)28-17-20-32(41(4,5)22-11-8-10-21-38)29(23-28)24-40-35(39)25(2)3/h13-20,23,38H,2,6-12,21-22,24H2,1,3-5H3. The molecule has 0 saturated heterocycles. The van der Waals surface area contributed by atoms with Crippen molar-refractivity contribution >= 4 is 19.2 Å². The van der Waals surface area contributed by atoms with Crippen molar-refractivity contribution in [1.82, 2.24) is 0 Å². The Balaban J connectivity index is 1.93. The van der Waals surface area contributed by atoms with Crippen LogP contribution in [0, 0.1) is 11.6 Å². The van der Waals surface area contributed by atoms with Crippen LogP contribution < -0.4 is 5.19 Å². The molecule has 1 N–H and O–H groups in total. The van der Waals surface area contributed by atoms with E-state index in [1.165, 1.54) is 12.0 Å². The lowest BCUT2D eigenvalue weighted by Crippen LogP contribution is -2.43. The maximum atomic E-state index is 15.6. The van der Waals surface area contributed by atoms with Gasteiger partial charge in [-0.2, -0.15) is 0 Å². The molecule has 3 aromatic carbocycles. The van der Waals surface area contributed by atoms with Gasteiger partial charge in [0.25, 0.3) is 0 Å². The number of aryl methyl sites for hydroxylation is 1. The molecule has 0 aliphatic carbocycles. The molecule has 3 nitrogen and oxygen atoms in total. The molecule has 0 fully saturated rings. The zero-order chi connectivity index (χ0) is 30.0. The van der Waals surface area contributed by atoms with Gasteiger partial charge in [0, 0.05) is 23.3 Å². The highest BCUT2D eigenvalue weighted by Crippen LogP contribution is 2.32. The first-order valence-electron chi connectivity index (χ1n) is 14.7. The van der Waals surface area contributed by atoms with Crippen LogP contribution in [0.15, 0.2) is 66.7 Å². The second-order valence-electron chi connectivity index (χ2n) is 11.6. The third-order valence-electron chi connectivity index (χ3n) is 7.73. The third-order valence-corrected chi connectivity index (χ3v) is 11.3. The molecule has 0 aliphatic rings. The summed E-state index contributed by atoms with van der Waals surface area (Å²) in [6, 6.07) is 17.6. The fourth-order valence-corrected chi connectivity index (χ4v) is 8.17. The third kappa shape index (κ3) is 8.70. The van der Waals surface area contributed by atoms with Crippen LogP contribution in [0.4, 0.5) is 8.78 Å². The van der Waals surface area contributed by atoms with E-state index in [1.54, 1.807) is 19.1 Å². The second-order valence-corrected chi connectivity index (χ2v) is 16.4. The molecule has 0 amide bonds. The summed E-state index contributed by atoms with van der Waals surface area (Å²) in [5, 5.41) is 10.3. The van der Waals surface area contributed by atoms with E-state index < -0.39 is 25.7 Å². The monoisotopic (exact) mass is 578 g/mol. The predicted octanol–water partition coefficient (Wildman–Crippen LogP) is 8.73. The molecule has 220 valence electrons. The van der Waals surface area contributed by atoms with E-state index in [0.29, 0.717) is 16.7 Å². The predicted molar refractivity (Wildman–Crippen MR) is 168 cm³/mol. The molecule has 0 bridgehead atoms. The number of aliphatic hydroxyl groups is 1. The van der Waals surface area contributed by atoms with Gasteiger partial charge in [0.2, 0.25) is 0 Å². The molecule has 0 aliphatic heterocycles. The Morgan fingerprint density at radius 1 is 0.878 bits per heavy atom. The van der Waals surface area contributed by atoms with E-state index in [-0.39, 0.29) is 24.3 Å². The van der Waals surface area contributed by atoms with E-state index in [9.17, 15) is 4.79 Å². The Labute approximate surface area is 245 Å². The summed E-state index contributed by atoms with van der Waals surface area (Å²) in [7, 11) is -1.95. The van der Waals surface area contributed by atoms with Crippen molar-refractivity contribution in [1.29, 1.82) is 0 Å². The molecule has 0 unspecified atom stereocenters. The van der Waals surface area contributed by atoms with Gasteiger partial charge in [0.15, 0.2) is 11.6 Å². The van der Waals surface area contributed by atoms with Crippen LogP contribution in [0.2, 0.25) is 19.1 Å². The molecular weight excluding hydrogens is 534 g/mol. The maximum absolute atomic E-state index is 15.6. The van der Waals surface area contributed by atoms with Crippen LogP contribution in [0.3, 0.4) is 0 Å². The lowest BCUT2D eigenvalue weighted by Gasteiger charge is -2.27. The molecule has 41 heavy (non-hydrogen) atoms. The van der Waals surface area contributed by atoms with E-state index in [0.717, 1.165) is 55.3 Å². The average molecular weight is 579 g/mol. The largest absolute Gasteiger partial charge is 0.457 e. The second kappa shape index (κ2) is 15.2. The zero-order valence-electron chi connectivity index (χ0n) is 25.0. The van der Waals surface area contributed by atoms with E-state index in [1.807, 2.05) is 42.5 Å². The van der Waals surface area contributed by atoms with Crippen molar-refractivity contribution in [2.75, 3.05) is 6.61 Å². The molecule has 0 radical (unpaired) electrons. The first-order valence-corrected chi connectivity index (χ1v) is 17.9. The van der Waals surface area contributed by atoms with Gasteiger partial charge in [-0.1, -0.05) is 112 Å². The number of hydrogen-bond donors (Lipinski definition) is 1. The number of aliphatic hydroxyl groups excluding tert-OH is 1. The van der Waals surface area contributed by atoms with Gasteiger partial charge in [-0.05, 0) is 54.5 Å². The molecule has 0 atom stereocenters. The number of carbonyl (C=O) groups excluding carboxylic acids is 1. The van der Waals surface area contributed by atoms with Crippen LogP contribution in [0.1, 0.15) is 63.5 Å². The van der Waals surface area contributed by atoms with Crippen LogP contribution >= 0.6 is 0 Å². The van der Waals surface area contributed by atoms with Crippen molar-refractivity contribution in [3.05, 3.63) is 89.5 Å². The fraction of sp³-hybridized carbons (Fsp3) is 0.400. The minimum atomic E-state index is -1.95. The lowest BCUT2D eigenvalue weighted by molar-refractivity contribution is -0.140. The number of hydrogen-bond acceptors (Lipinski definition) is 3. The van der Waals surface area contributed by atoms with Gasteiger partial charge < -0.3 is 9.84 Å². The van der Waals surface area contributed by atoms with Crippen molar-refractivity contribution in [2.45, 2.75) is 84.5 Å². The minimum Gasteiger partial charge on any atom is -0.457 e. The number of rotatable bonds is 15. The Morgan fingerprint density at radius 2 is 1.51 bits per heavy atom. The normalized spacial score (nSPS) is 11.5. The first-order chi connectivity index (χ1) is 19.6. The molecular formula is C35H44F2O3Si. The highest BCUT2D eigenvalue weighted by molar-refractivity contribution is 6.90. The summed E-state index contributed by atoms with van der Waals surface area (Å²) in [5.74, 6) is -2.26. The maximum Gasteiger partial charge on any atom is 0.333 e. The molecule has 0 heterocycles. The number of halogens is 2. The Bertz CT molecular complexity index is 1330. The molecule has 0 saturated carbocycles. The smallest absolute Gasteiger partial charge is 0.333 e. The summed E-state index contributed by atoms with van der Waals surface area (Å²) in [6.07, 6.45) is 7.14. The number of carbonyl (C=O) groups is 1. The first kappa shape index (κ1) is 32.4. The van der Waals surface area contributed by atoms with Crippen molar-refractivity contribution in [2.24, 2.45) is 0 Å². The van der Waals surface area contributed by atoms with Gasteiger partial charge in [-0.3, -0.25) is 0 Å². The minimum absolute atomic E-state index is 0.0364. The highest BCUT2D eigenvalue weighted by Gasteiger charge is 2.27. The fourth-order valence-electron chi connectivity index (χ4n) is 5.22. The summed E-state index contributed by atoms with van der Waals surface area (Å²) >= 11 is 0. The molecule has 6 heteroatoms. The number of unbranched alkanes of at least 4 members (excludes halogenated alkanes) is 4. The SMILES string of the molecule is C=C(C)C(=O)OCc1cc(-c2ccc(-c3ccc(CCCCC)cc3)c(F)c2F)ccc1[Si](C)(C)CCCCCO. The number of esters is 1. The highest BCUT2D eigenvalue weighted by atomic mass is 28.3. The van der Waals surface area contributed by atoms with Crippen LogP contribution in [0.5, 0.6) is 0 Å². The molecule has 3 rings (SSSR count). The van der Waals surface area contributed by atoms with Gasteiger partial charge in [-0.15, -0.1) is 0 Å². The molecule has 3 aromatic rings. The Morgan fingerprint density at radius 3 is 2.12 bits per heavy atom. The van der Waals surface area contributed by atoms with Crippen molar-refractivity contribution in [3.8, 4) is 22.3 Å². The quantitative estimate of drug-likeness (QED) is 0.0849. The zero-order valence-corrected chi connectivity index (χ0v) is 26.0. The van der Waals surface area contributed by atoms with Crippen LogP contribution in [0.25, 0.3) is 22.3 Å². The van der Waals surface area contributed by atoms with Gasteiger partial charge >= 0.3 is 5.97 Å². The Hall–Kier alpha value is -3.09. The van der Waals surface area contributed by atoms with Crippen molar-refractivity contribution < 1.29 is 23.4 Å². The van der Waals surface area contributed by atoms with E-state index in [4.69, 9.17) is 9.84 Å². The molecule has 0 spiro atoms. The molecule has 0 aromatic heterocycles. The Kier molecular flexibility index (Phi) is 12.0. The van der Waals surface area contributed by atoms with Gasteiger partial charge in [0.05, 0.1) is 8.07 Å². The topological polar surface area (TPSA) is 46.5 Å². The van der Waals surface area contributed by atoms with Crippen LogP contribution in [-0.2, 0) is 22.6 Å². The summed E-state index contributed by atoms with van der Waals surface area (Å²) in [6.45, 7) is 12.2. The van der Waals surface area contributed by atoms with Gasteiger partial charge in [0.1, 0.15) is 6.61 Å². The summed E-state index contributed by atoms with van der Waals surface area (Å²) < 4.78 is 36.5.